The second-order valence-electron chi connectivity index (χ2n) is 12.3. The molecule has 3 aliphatic rings. The summed E-state index contributed by atoms with van der Waals surface area (Å²) in [7, 11) is 0. The average molecular weight is 539 g/mol. The zero-order chi connectivity index (χ0) is 27.3. The molecule has 0 spiro atoms. The van der Waals surface area contributed by atoms with Crippen molar-refractivity contribution in [2.45, 2.75) is 97.5 Å². The van der Waals surface area contributed by atoms with Gasteiger partial charge in [0, 0.05) is 71.6 Å². The van der Waals surface area contributed by atoms with Gasteiger partial charge in [-0.15, -0.1) is 0 Å². The summed E-state index contributed by atoms with van der Waals surface area (Å²) in [5, 5.41) is 3.24. The van der Waals surface area contributed by atoms with Crippen LogP contribution in [0.25, 0.3) is 0 Å². The molecular weight excluding hydrogens is 480 g/mol. The Bertz CT molecular complexity index is 644. The number of hydrogen-bond acceptors (Lipinski definition) is 7. The largest absolute Gasteiger partial charge is 0.381 e. The number of hydrogen-bond donors (Lipinski definition) is 1. The highest BCUT2D eigenvalue weighted by Crippen LogP contribution is 2.28. The third-order valence-corrected chi connectivity index (χ3v) is 8.51. The molecule has 2 aliphatic heterocycles. The molecule has 1 aliphatic carbocycles. The van der Waals surface area contributed by atoms with E-state index in [1.54, 1.807) is 0 Å². The van der Waals surface area contributed by atoms with Crippen molar-refractivity contribution in [1.29, 1.82) is 0 Å². The van der Waals surface area contributed by atoms with Gasteiger partial charge in [-0.05, 0) is 64.7 Å². The van der Waals surface area contributed by atoms with Crippen LogP contribution in [0, 0.1) is 11.8 Å². The van der Waals surface area contributed by atoms with E-state index in [9.17, 15) is 4.79 Å². The highest BCUT2D eigenvalue weighted by Gasteiger charge is 2.34. The Labute approximate surface area is 233 Å². The van der Waals surface area contributed by atoms with Gasteiger partial charge in [0.25, 0.3) is 0 Å². The summed E-state index contributed by atoms with van der Waals surface area (Å²) in [6, 6.07) is 0.283. The number of rotatable bonds is 17. The average Bonchev–Trinajstić information content (AvgIpc) is 2.87. The molecule has 0 aromatic heterocycles. The first kappa shape index (κ1) is 31.8. The molecule has 38 heavy (non-hydrogen) atoms. The predicted molar refractivity (Wildman–Crippen MR) is 154 cm³/mol. The molecule has 0 radical (unpaired) electrons. The second kappa shape index (κ2) is 17.1. The van der Waals surface area contributed by atoms with E-state index in [4.69, 9.17) is 14.2 Å². The van der Waals surface area contributed by atoms with Crippen molar-refractivity contribution in [2.24, 2.45) is 11.8 Å². The SMILES string of the molecule is CCOCC(CC)CC(C)CN1CCC(OC2CC(NC(=O)CN3CCN(CCOC(C)C)CC3)C2)CC1. The van der Waals surface area contributed by atoms with Crippen molar-refractivity contribution >= 4 is 5.91 Å². The van der Waals surface area contributed by atoms with E-state index in [2.05, 4.69) is 54.6 Å². The highest BCUT2D eigenvalue weighted by atomic mass is 16.5. The third kappa shape index (κ3) is 11.8. The molecule has 8 nitrogen and oxygen atoms in total. The molecule has 1 N–H and O–H groups in total. The second-order valence-corrected chi connectivity index (χ2v) is 12.3. The smallest absolute Gasteiger partial charge is 0.234 e. The molecule has 0 bridgehead atoms. The van der Waals surface area contributed by atoms with Gasteiger partial charge in [0.15, 0.2) is 0 Å². The number of piperidine rings is 1. The number of nitrogens with zero attached hydrogens (tertiary/aromatic N) is 3. The number of ether oxygens (including phenoxy) is 3. The van der Waals surface area contributed by atoms with Gasteiger partial charge < -0.3 is 24.4 Å². The molecule has 2 heterocycles. The van der Waals surface area contributed by atoms with Gasteiger partial charge in [0.05, 0.1) is 31.5 Å². The molecule has 3 fully saturated rings. The zero-order valence-electron chi connectivity index (χ0n) is 25.2. The standard InChI is InChI=1S/C30H58N4O4/c1-6-26(23-36-7-2)18-25(5)21-33-10-8-28(9-11-33)38-29-19-27(20-29)31-30(35)22-34-14-12-32(13-15-34)16-17-37-24(3)4/h24-29H,6-23H2,1-5H3,(H,31,35). The number of piperazine rings is 1. The Hall–Kier alpha value is -0.770. The maximum Gasteiger partial charge on any atom is 0.234 e. The maximum absolute atomic E-state index is 12.6. The van der Waals surface area contributed by atoms with E-state index in [1.165, 1.54) is 19.4 Å². The molecule has 2 atom stereocenters. The number of nitrogens with one attached hydrogen (secondary N) is 1. The number of carbonyl (C=O) groups is 1. The highest BCUT2D eigenvalue weighted by molar-refractivity contribution is 5.78. The topological polar surface area (TPSA) is 66.5 Å². The molecule has 1 amide bonds. The number of carbonyl (C=O) groups excluding carboxylic acids is 1. The van der Waals surface area contributed by atoms with Crippen LogP contribution in [0.1, 0.15) is 73.1 Å². The zero-order valence-corrected chi connectivity index (χ0v) is 25.2. The Morgan fingerprint density at radius 1 is 0.921 bits per heavy atom. The van der Waals surface area contributed by atoms with Crippen molar-refractivity contribution in [3.8, 4) is 0 Å². The van der Waals surface area contributed by atoms with Gasteiger partial charge in [-0.3, -0.25) is 14.6 Å². The first-order chi connectivity index (χ1) is 18.3. The summed E-state index contributed by atoms with van der Waals surface area (Å²) in [6.07, 6.45) is 7.64. The lowest BCUT2D eigenvalue weighted by atomic mass is 9.88. The van der Waals surface area contributed by atoms with Crippen LogP contribution in [0.15, 0.2) is 0 Å². The van der Waals surface area contributed by atoms with Crippen LogP contribution in [-0.4, -0.2) is 124 Å². The molecule has 1 saturated carbocycles. The van der Waals surface area contributed by atoms with Gasteiger partial charge in [0.2, 0.25) is 5.91 Å². The van der Waals surface area contributed by atoms with E-state index in [0.29, 0.717) is 36.7 Å². The molecule has 3 rings (SSSR count). The Kier molecular flexibility index (Phi) is 14.3. The minimum atomic E-state index is 0.166. The molecule has 8 heteroatoms. The van der Waals surface area contributed by atoms with Gasteiger partial charge >= 0.3 is 0 Å². The van der Waals surface area contributed by atoms with Crippen LogP contribution in [0.2, 0.25) is 0 Å². The molecule has 222 valence electrons. The van der Waals surface area contributed by atoms with Gasteiger partial charge in [-0.25, -0.2) is 0 Å². The van der Waals surface area contributed by atoms with E-state index in [0.717, 1.165) is 91.3 Å². The number of likely N-dealkylation sites (tertiary alicyclic amines) is 1. The van der Waals surface area contributed by atoms with Crippen molar-refractivity contribution in [1.82, 2.24) is 20.0 Å². The lowest BCUT2D eigenvalue weighted by Crippen LogP contribution is -2.54. The summed E-state index contributed by atoms with van der Waals surface area (Å²) in [6.45, 7) is 22.3. The lowest BCUT2D eigenvalue weighted by Gasteiger charge is -2.41. The van der Waals surface area contributed by atoms with E-state index < -0.39 is 0 Å². The monoisotopic (exact) mass is 538 g/mol. The van der Waals surface area contributed by atoms with Gasteiger partial charge in [0.1, 0.15) is 0 Å². The van der Waals surface area contributed by atoms with E-state index in [1.807, 2.05) is 0 Å². The predicted octanol–water partition coefficient (Wildman–Crippen LogP) is 3.25. The van der Waals surface area contributed by atoms with Gasteiger partial charge in [-0.2, -0.15) is 0 Å². The summed E-state index contributed by atoms with van der Waals surface area (Å²) in [4.78, 5) is 19.9. The molecule has 0 aromatic carbocycles. The fourth-order valence-electron chi connectivity index (χ4n) is 6.08. The quantitative estimate of drug-likeness (QED) is 0.305. The first-order valence-corrected chi connectivity index (χ1v) is 15.7. The molecule has 0 aromatic rings. The normalized spacial score (nSPS) is 25.8. The van der Waals surface area contributed by atoms with Crippen molar-refractivity contribution in [3.63, 3.8) is 0 Å². The Morgan fingerprint density at radius 2 is 1.61 bits per heavy atom. The van der Waals surface area contributed by atoms with E-state index in [-0.39, 0.29) is 11.9 Å². The minimum Gasteiger partial charge on any atom is -0.381 e. The van der Waals surface area contributed by atoms with Crippen molar-refractivity contribution in [2.75, 3.05) is 78.7 Å². The fraction of sp³-hybridized carbons (Fsp3) is 0.967. The summed E-state index contributed by atoms with van der Waals surface area (Å²) in [5.41, 5.74) is 0. The first-order valence-electron chi connectivity index (χ1n) is 15.7. The van der Waals surface area contributed by atoms with Crippen LogP contribution in [-0.2, 0) is 19.0 Å². The maximum atomic E-state index is 12.6. The molecule has 2 saturated heterocycles. The Balaban J connectivity index is 1.20. The van der Waals surface area contributed by atoms with Crippen molar-refractivity contribution in [3.05, 3.63) is 0 Å². The van der Waals surface area contributed by atoms with Crippen LogP contribution >= 0.6 is 0 Å². The minimum absolute atomic E-state index is 0.166. The molecule has 2 unspecified atom stereocenters. The van der Waals surface area contributed by atoms with Crippen LogP contribution in [0.5, 0.6) is 0 Å². The van der Waals surface area contributed by atoms with E-state index >= 15 is 0 Å². The fourth-order valence-corrected chi connectivity index (χ4v) is 6.08. The van der Waals surface area contributed by atoms with Crippen LogP contribution < -0.4 is 5.32 Å². The van der Waals surface area contributed by atoms with Gasteiger partial charge in [-0.1, -0.05) is 20.3 Å². The van der Waals surface area contributed by atoms with Crippen molar-refractivity contribution < 1.29 is 19.0 Å². The third-order valence-electron chi connectivity index (χ3n) is 8.51. The number of amides is 1. The summed E-state index contributed by atoms with van der Waals surface area (Å²) in [5.74, 6) is 1.56. The van der Waals surface area contributed by atoms with Crippen LogP contribution in [0.4, 0.5) is 0 Å². The molecular formula is C30H58N4O4. The lowest BCUT2D eigenvalue weighted by molar-refractivity contribution is -0.127. The van der Waals surface area contributed by atoms with Crippen LogP contribution in [0.3, 0.4) is 0 Å². The Morgan fingerprint density at radius 3 is 2.24 bits per heavy atom. The summed E-state index contributed by atoms with van der Waals surface area (Å²) >= 11 is 0. The summed E-state index contributed by atoms with van der Waals surface area (Å²) < 4.78 is 17.7.